The minimum atomic E-state index is -0.856. The molecule has 1 aromatic rings. The van der Waals surface area contributed by atoms with Gasteiger partial charge in [0.05, 0.1) is 15.5 Å². The molecule has 0 fully saturated rings. The van der Waals surface area contributed by atoms with E-state index >= 15 is 0 Å². The third-order valence-electron chi connectivity index (χ3n) is 2.42. The lowest BCUT2D eigenvalue weighted by molar-refractivity contribution is -0.385. The van der Waals surface area contributed by atoms with Crippen molar-refractivity contribution in [1.29, 1.82) is 0 Å². The molecule has 5 nitrogen and oxygen atoms in total. The first kappa shape index (κ1) is 13.2. The van der Waals surface area contributed by atoms with Crippen molar-refractivity contribution in [2.75, 3.05) is 0 Å². The fraction of sp³-hybridized carbons (Fsp3) is 0.182. The second-order valence-corrected chi connectivity index (χ2v) is 3.91. The molecule has 6 heteroatoms. The molecule has 0 aliphatic rings. The molecule has 90 valence electrons. The molecular formula is C11H11ClN2O3. The van der Waals surface area contributed by atoms with E-state index in [9.17, 15) is 14.9 Å². The van der Waals surface area contributed by atoms with Gasteiger partial charge in [-0.2, -0.15) is 0 Å². The quantitative estimate of drug-likeness (QED) is 0.509. The number of nitro benzene ring substituents is 1. The predicted octanol–water partition coefficient (Wildman–Crippen LogP) is 2.64. The number of hydrogen-bond acceptors (Lipinski definition) is 3. The normalized spacial score (nSPS) is 11.9. The summed E-state index contributed by atoms with van der Waals surface area (Å²) in [4.78, 5) is 21.5. The number of benzene rings is 1. The van der Waals surface area contributed by atoms with Crippen LogP contribution in [-0.4, -0.2) is 10.8 Å². The highest BCUT2D eigenvalue weighted by Crippen LogP contribution is 2.36. The topological polar surface area (TPSA) is 86.2 Å². The summed E-state index contributed by atoms with van der Waals surface area (Å²) in [5, 5.41) is 11.2. The van der Waals surface area contributed by atoms with E-state index in [1.165, 1.54) is 18.2 Å². The van der Waals surface area contributed by atoms with Crippen LogP contribution in [0.15, 0.2) is 24.8 Å². The monoisotopic (exact) mass is 254 g/mol. The fourth-order valence-corrected chi connectivity index (χ4v) is 1.85. The summed E-state index contributed by atoms with van der Waals surface area (Å²) in [6.45, 7) is 5.26. The number of amides is 1. The van der Waals surface area contributed by atoms with Gasteiger partial charge in [-0.25, -0.2) is 0 Å². The summed E-state index contributed by atoms with van der Waals surface area (Å²) < 4.78 is 0. The SMILES string of the molecule is C=CC(C)c1c(Cl)ccc(C(N)=O)c1[N+](=O)[O-]. The lowest BCUT2D eigenvalue weighted by Crippen LogP contribution is -2.15. The Morgan fingerprint density at radius 1 is 1.65 bits per heavy atom. The summed E-state index contributed by atoms with van der Waals surface area (Å²) in [6.07, 6.45) is 1.51. The molecule has 0 heterocycles. The molecule has 17 heavy (non-hydrogen) atoms. The summed E-state index contributed by atoms with van der Waals surface area (Å²) >= 11 is 5.92. The van der Waals surface area contributed by atoms with Gasteiger partial charge >= 0.3 is 0 Å². The Hall–Kier alpha value is -1.88. The maximum atomic E-state index is 11.1. The van der Waals surface area contributed by atoms with Crippen LogP contribution >= 0.6 is 11.6 Å². The molecule has 1 aromatic carbocycles. The van der Waals surface area contributed by atoms with Crippen molar-refractivity contribution in [3.63, 3.8) is 0 Å². The van der Waals surface area contributed by atoms with Crippen LogP contribution in [0.3, 0.4) is 0 Å². The van der Waals surface area contributed by atoms with Gasteiger partial charge < -0.3 is 5.73 Å². The van der Waals surface area contributed by atoms with Gasteiger partial charge in [0.2, 0.25) is 0 Å². The van der Waals surface area contributed by atoms with Crippen molar-refractivity contribution in [1.82, 2.24) is 0 Å². The van der Waals surface area contributed by atoms with Crippen LogP contribution < -0.4 is 5.73 Å². The third kappa shape index (κ3) is 2.45. The Morgan fingerprint density at radius 3 is 2.65 bits per heavy atom. The number of rotatable bonds is 4. The Bertz CT molecular complexity index is 500. The van der Waals surface area contributed by atoms with Crippen molar-refractivity contribution in [2.24, 2.45) is 5.73 Å². The minimum Gasteiger partial charge on any atom is -0.365 e. The Balaban J connectivity index is 3.65. The number of primary amides is 1. The number of halogens is 1. The van der Waals surface area contributed by atoms with E-state index in [0.29, 0.717) is 0 Å². The number of carbonyl (C=O) groups excluding carboxylic acids is 1. The van der Waals surface area contributed by atoms with Crippen LogP contribution in [0.4, 0.5) is 5.69 Å². The largest absolute Gasteiger partial charge is 0.365 e. The molecule has 1 unspecified atom stereocenters. The van der Waals surface area contributed by atoms with Crippen LogP contribution in [0.1, 0.15) is 28.8 Å². The standard InChI is InChI=1S/C11H11ClN2O3/c1-3-6(2)9-8(12)5-4-7(11(13)15)10(9)14(16)17/h3-6H,1H2,2H3,(H2,13,15). The van der Waals surface area contributed by atoms with Crippen LogP contribution in [0, 0.1) is 10.1 Å². The molecule has 0 aliphatic heterocycles. The van der Waals surface area contributed by atoms with Gasteiger partial charge in [0.15, 0.2) is 0 Å². The van der Waals surface area contributed by atoms with Gasteiger partial charge in [-0.3, -0.25) is 14.9 Å². The lowest BCUT2D eigenvalue weighted by atomic mass is 9.96. The Labute approximate surface area is 103 Å². The van der Waals surface area contributed by atoms with Gasteiger partial charge in [-0.1, -0.05) is 24.6 Å². The zero-order valence-corrected chi connectivity index (χ0v) is 9.90. The number of nitro groups is 1. The smallest absolute Gasteiger partial charge is 0.287 e. The van der Waals surface area contributed by atoms with E-state index in [1.54, 1.807) is 6.92 Å². The van der Waals surface area contributed by atoms with Gasteiger partial charge in [0, 0.05) is 5.92 Å². The Morgan fingerprint density at radius 2 is 2.24 bits per heavy atom. The first-order valence-corrected chi connectivity index (χ1v) is 5.17. The molecule has 2 N–H and O–H groups in total. The molecule has 0 radical (unpaired) electrons. The highest BCUT2D eigenvalue weighted by molar-refractivity contribution is 6.32. The first-order valence-electron chi connectivity index (χ1n) is 4.79. The van der Waals surface area contributed by atoms with Gasteiger partial charge in [0.1, 0.15) is 5.56 Å². The van der Waals surface area contributed by atoms with E-state index < -0.39 is 10.8 Å². The van der Waals surface area contributed by atoms with Crippen molar-refractivity contribution >= 4 is 23.2 Å². The van der Waals surface area contributed by atoms with E-state index in [0.717, 1.165) is 0 Å². The van der Waals surface area contributed by atoms with E-state index in [-0.39, 0.29) is 27.8 Å². The molecule has 0 saturated carbocycles. The van der Waals surface area contributed by atoms with Crippen molar-refractivity contribution in [3.05, 3.63) is 51.1 Å². The molecule has 0 saturated heterocycles. The second kappa shape index (κ2) is 4.97. The maximum Gasteiger partial charge on any atom is 0.287 e. The van der Waals surface area contributed by atoms with Crippen LogP contribution in [0.5, 0.6) is 0 Å². The van der Waals surface area contributed by atoms with Gasteiger partial charge in [-0.05, 0) is 12.1 Å². The number of allylic oxidation sites excluding steroid dienone is 1. The molecule has 0 aliphatic carbocycles. The van der Waals surface area contributed by atoms with E-state index in [2.05, 4.69) is 6.58 Å². The second-order valence-electron chi connectivity index (χ2n) is 3.50. The number of nitrogens with two attached hydrogens (primary N) is 1. The summed E-state index contributed by atoms with van der Waals surface area (Å²) in [6, 6.07) is 2.67. The van der Waals surface area contributed by atoms with Crippen LogP contribution in [0.2, 0.25) is 5.02 Å². The average molecular weight is 255 g/mol. The summed E-state index contributed by atoms with van der Waals surface area (Å²) in [5.74, 6) is -1.20. The third-order valence-corrected chi connectivity index (χ3v) is 2.75. The summed E-state index contributed by atoms with van der Waals surface area (Å²) in [5.41, 5.74) is 4.85. The summed E-state index contributed by atoms with van der Waals surface area (Å²) in [7, 11) is 0. The van der Waals surface area contributed by atoms with Crippen LogP contribution in [0.25, 0.3) is 0 Å². The minimum absolute atomic E-state index is 0.150. The van der Waals surface area contributed by atoms with Crippen molar-refractivity contribution in [2.45, 2.75) is 12.8 Å². The molecule has 0 aromatic heterocycles. The molecule has 1 rings (SSSR count). The zero-order chi connectivity index (χ0) is 13.2. The Kier molecular flexibility index (Phi) is 3.85. The van der Waals surface area contributed by atoms with Gasteiger partial charge in [-0.15, -0.1) is 6.58 Å². The number of carbonyl (C=O) groups is 1. The highest BCUT2D eigenvalue weighted by Gasteiger charge is 2.27. The molecule has 0 bridgehead atoms. The number of nitrogens with zero attached hydrogens (tertiary/aromatic N) is 1. The number of hydrogen-bond donors (Lipinski definition) is 1. The highest BCUT2D eigenvalue weighted by atomic mass is 35.5. The molecule has 1 atom stereocenters. The predicted molar refractivity (Wildman–Crippen MR) is 65.2 cm³/mol. The average Bonchev–Trinajstić information content (AvgIpc) is 2.26. The maximum absolute atomic E-state index is 11.1. The fourth-order valence-electron chi connectivity index (χ4n) is 1.53. The van der Waals surface area contributed by atoms with Crippen LogP contribution in [-0.2, 0) is 0 Å². The first-order chi connectivity index (χ1) is 7.90. The van der Waals surface area contributed by atoms with Gasteiger partial charge in [0.25, 0.3) is 11.6 Å². The van der Waals surface area contributed by atoms with E-state index in [4.69, 9.17) is 17.3 Å². The van der Waals surface area contributed by atoms with Crippen molar-refractivity contribution < 1.29 is 9.72 Å². The zero-order valence-electron chi connectivity index (χ0n) is 9.14. The molecule has 0 spiro atoms. The molecular weight excluding hydrogens is 244 g/mol. The van der Waals surface area contributed by atoms with Crippen molar-refractivity contribution in [3.8, 4) is 0 Å². The van der Waals surface area contributed by atoms with E-state index in [1.807, 2.05) is 0 Å². The lowest BCUT2D eigenvalue weighted by Gasteiger charge is -2.11. The molecule has 1 amide bonds.